The molecule has 2 N–H and O–H groups in total. The fourth-order valence-electron chi connectivity index (χ4n) is 4.70. The number of carboxylic acid groups (broad SMARTS) is 1. The van der Waals surface area contributed by atoms with E-state index in [9.17, 15) is 24.6 Å². The molecule has 1 saturated heterocycles. The second-order valence-corrected chi connectivity index (χ2v) is 9.40. The Labute approximate surface area is 215 Å². The van der Waals surface area contributed by atoms with Gasteiger partial charge in [0.25, 0.3) is 11.7 Å². The normalized spacial score (nSPS) is 16.9. The molecule has 1 fully saturated rings. The number of aliphatic hydroxyl groups excluding tert-OH is 1. The van der Waals surface area contributed by atoms with E-state index in [1.807, 2.05) is 63.2 Å². The van der Waals surface area contributed by atoms with Gasteiger partial charge in [0.15, 0.2) is 0 Å². The lowest BCUT2D eigenvalue weighted by molar-refractivity contribution is -0.140. The predicted octanol–water partition coefficient (Wildman–Crippen LogP) is 5.45. The lowest BCUT2D eigenvalue weighted by Crippen LogP contribution is -2.29. The number of nitrogens with zero attached hydrogens (tertiary/aromatic N) is 1. The van der Waals surface area contributed by atoms with Crippen molar-refractivity contribution in [2.45, 2.75) is 39.3 Å². The maximum Gasteiger partial charge on any atom is 0.335 e. The summed E-state index contributed by atoms with van der Waals surface area (Å²) in [4.78, 5) is 39.3. The monoisotopic (exact) mass is 499 g/mol. The summed E-state index contributed by atoms with van der Waals surface area (Å²) in [5, 5.41) is 20.7. The molecule has 0 aliphatic carbocycles. The van der Waals surface area contributed by atoms with E-state index in [1.54, 1.807) is 19.2 Å². The number of ether oxygens (including phenoxy) is 1. The van der Waals surface area contributed by atoms with Crippen LogP contribution in [0.5, 0.6) is 5.75 Å². The van der Waals surface area contributed by atoms with Gasteiger partial charge in [0.1, 0.15) is 11.5 Å². The van der Waals surface area contributed by atoms with Crippen LogP contribution in [0, 0.1) is 6.92 Å². The largest absolute Gasteiger partial charge is 0.507 e. The average Bonchev–Trinajstić information content (AvgIpc) is 3.13. The number of methoxy groups -OCH3 is 1. The fraction of sp³-hybridized carbons (Fsp3) is 0.233. The van der Waals surface area contributed by atoms with Crippen molar-refractivity contribution >= 4 is 23.4 Å². The number of carboxylic acids is 1. The first-order valence-corrected chi connectivity index (χ1v) is 12.0. The Morgan fingerprint density at radius 2 is 1.65 bits per heavy atom. The average molecular weight is 500 g/mol. The number of hydrogen-bond acceptors (Lipinski definition) is 5. The molecule has 1 aliphatic rings. The van der Waals surface area contributed by atoms with Gasteiger partial charge in [0.05, 0.1) is 24.3 Å². The molecule has 37 heavy (non-hydrogen) atoms. The molecular weight excluding hydrogens is 470 g/mol. The van der Waals surface area contributed by atoms with Crippen LogP contribution >= 0.6 is 0 Å². The third kappa shape index (κ3) is 4.85. The van der Waals surface area contributed by atoms with Gasteiger partial charge in [-0.25, -0.2) is 4.79 Å². The molecule has 0 aromatic heterocycles. The van der Waals surface area contributed by atoms with E-state index in [1.165, 1.54) is 17.0 Å². The summed E-state index contributed by atoms with van der Waals surface area (Å²) in [6.45, 7) is 5.91. The minimum absolute atomic E-state index is 0.0151. The van der Waals surface area contributed by atoms with Crippen molar-refractivity contribution in [1.29, 1.82) is 0 Å². The zero-order chi connectivity index (χ0) is 26.9. The zero-order valence-corrected chi connectivity index (χ0v) is 21.2. The standard InChI is InChI=1S/C30H29NO6/c1-17(2)22-15-23(18(3)14-24(22)37-4)27(32)25-26(20-8-6-5-7-9-20)31(29(34)28(25)33)16-19-10-12-21(13-11-19)30(35)36/h5-15,17,26,32H,16H2,1-4H3,(H,35,36)/b27-25+. The number of aryl methyl sites for hydroxylation is 1. The highest BCUT2D eigenvalue weighted by Gasteiger charge is 2.46. The number of aliphatic hydroxyl groups is 1. The lowest BCUT2D eigenvalue weighted by Gasteiger charge is -2.26. The number of rotatable bonds is 7. The molecule has 1 heterocycles. The van der Waals surface area contributed by atoms with E-state index in [4.69, 9.17) is 4.74 Å². The van der Waals surface area contributed by atoms with Gasteiger partial charge in [-0.1, -0.05) is 56.3 Å². The van der Waals surface area contributed by atoms with Gasteiger partial charge in [-0.05, 0) is 59.4 Å². The van der Waals surface area contributed by atoms with Crippen LogP contribution < -0.4 is 4.74 Å². The van der Waals surface area contributed by atoms with Crippen molar-refractivity contribution in [3.8, 4) is 5.75 Å². The van der Waals surface area contributed by atoms with Gasteiger partial charge in [-0.15, -0.1) is 0 Å². The minimum Gasteiger partial charge on any atom is -0.507 e. The minimum atomic E-state index is -1.05. The predicted molar refractivity (Wildman–Crippen MR) is 140 cm³/mol. The lowest BCUT2D eigenvalue weighted by atomic mass is 9.91. The van der Waals surface area contributed by atoms with Gasteiger partial charge in [0, 0.05) is 12.1 Å². The van der Waals surface area contributed by atoms with Crippen molar-refractivity contribution in [3.05, 3.63) is 106 Å². The van der Waals surface area contributed by atoms with Gasteiger partial charge in [0.2, 0.25) is 0 Å². The Morgan fingerprint density at radius 1 is 1.00 bits per heavy atom. The van der Waals surface area contributed by atoms with Gasteiger partial charge in [-0.2, -0.15) is 0 Å². The van der Waals surface area contributed by atoms with E-state index in [0.29, 0.717) is 28.0 Å². The number of likely N-dealkylation sites (tertiary alicyclic amines) is 1. The van der Waals surface area contributed by atoms with Crippen molar-refractivity contribution in [2.75, 3.05) is 7.11 Å². The molecule has 3 aromatic carbocycles. The van der Waals surface area contributed by atoms with Gasteiger partial charge in [-0.3, -0.25) is 9.59 Å². The molecule has 1 atom stereocenters. The molecule has 4 rings (SSSR count). The second kappa shape index (κ2) is 10.3. The highest BCUT2D eigenvalue weighted by atomic mass is 16.5. The van der Waals surface area contributed by atoms with Crippen LogP contribution in [0.25, 0.3) is 5.76 Å². The molecule has 3 aromatic rings. The summed E-state index contributed by atoms with van der Waals surface area (Å²) in [5.41, 5.74) is 3.53. The van der Waals surface area contributed by atoms with E-state index < -0.39 is 23.7 Å². The van der Waals surface area contributed by atoms with E-state index >= 15 is 0 Å². The van der Waals surface area contributed by atoms with Crippen LogP contribution in [0.2, 0.25) is 0 Å². The molecular formula is C30H29NO6. The van der Waals surface area contributed by atoms with Gasteiger partial charge >= 0.3 is 5.97 Å². The Morgan fingerprint density at radius 3 is 2.22 bits per heavy atom. The second-order valence-electron chi connectivity index (χ2n) is 9.40. The Bertz CT molecular complexity index is 1390. The number of carbonyl (C=O) groups excluding carboxylic acids is 2. The summed E-state index contributed by atoms with van der Waals surface area (Å²) in [5.74, 6) is -2.00. The summed E-state index contributed by atoms with van der Waals surface area (Å²) in [6, 6.07) is 18.1. The third-order valence-electron chi connectivity index (χ3n) is 6.66. The number of hydrogen-bond donors (Lipinski definition) is 2. The summed E-state index contributed by atoms with van der Waals surface area (Å²) in [7, 11) is 1.59. The highest BCUT2D eigenvalue weighted by Crippen LogP contribution is 2.42. The van der Waals surface area contributed by atoms with E-state index in [2.05, 4.69) is 0 Å². The summed E-state index contributed by atoms with van der Waals surface area (Å²) >= 11 is 0. The van der Waals surface area contributed by atoms with Crippen LogP contribution in [-0.4, -0.2) is 39.9 Å². The molecule has 0 radical (unpaired) electrons. The maximum atomic E-state index is 13.4. The van der Waals surface area contributed by atoms with Crippen molar-refractivity contribution in [2.24, 2.45) is 0 Å². The quantitative estimate of drug-likeness (QED) is 0.255. The van der Waals surface area contributed by atoms with Crippen LogP contribution in [-0.2, 0) is 16.1 Å². The van der Waals surface area contributed by atoms with Crippen LogP contribution in [0.1, 0.15) is 64.0 Å². The zero-order valence-electron chi connectivity index (χ0n) is 21.2. The van der Waals surface area contributed by atoms with E-state index in [-0.39, 0.29) is 29.4 Å². The van der Waals surface area contributed by atoms with Crippen molar-refractivity contribution in [3.63, 3.8) is 0 Å². The van der Waals surface area contributed by atoms with Crippen LogP contribution in [0.4, 0.5) is 0 Å². The van der Waals surface area contributed by atoms with Crippen molar-refractivity contribution in [1.82, 2.24) is 4.90 Å². The smallest absolute Gasteiger partial charge is 0.335 e. The molecule has 7 heteroatoms. The van der Waals surface area contributed by atoms with Crippen LogP contribution in [0.3, 0.4) is 0 Å². The Hall–Kier alpha value is -4.39. The van der Waals surface area contributed by atoms with Gasteiger partial charge < -0.3 is 19.8 Å². The molecule has 1 aliphatic heterocycles. The summed E-state index contributed by atoms with van der Waals surface area (Å²) < 4.78 is 5.52. The molecule has 0 saturated carbocycles. The maximum absolute atomic E-state index is 13.4. The first-order chi connectivity index (χ1) is 17.6. The third-order valence-corrected chi connectivity index (χ3v) is 6.66. The highest BCUT2D eigenvalue weighted by molar-refractivity contribution is 6.46. The molecule has 190 valence electrons. The molecule has 1 unspecified atom stereocenters. The Kier molecular flexibility index (Phi) is 7.16. The number of benzene rings is 3. The number of Topliss-reactive ketones (excluding diaryl/α,β-unsaturated/α-hetero) is 1. The number of ketones is 1. The van der Waals surface area contributed by atoms with E-state index in [0.717, 1.165) is 5.56 Å². The molecule has 0 spiro atoms. The first kappa shape index (κ1) is 25.7. The summed E-state index contributed by atoms with van der Waals surface area (Å²) in [6.07, 6.45) is 0. The number of carbonyl (C=O) groups is 3. The topological polar surface area (TPSA) is 104 Å². The fourth-order valence-corrected chi connectivity index (χ4v) is 4.70. The molecule has 7 nitrogen and oxygen atoms in total. The van der Waals surface area contributed by atoms with Crippen molar-refractivity contribution < 1.29 is 29.3 Å². The molecule has 0 bridgehead atoms. The molecule has 1 amide bonds. The Balaban J connectivity index is 1.86. The van der Waals surface area contributed by atoms with Crippen LogP contribution in [0.15, 0.2) is 72.3 Å². The SMILES string of the molecule is COc1cc(C)c(/C(O)=C2\C(=O)C(=O)N(Cc3ccc(C(=O)O)cc3)C2c2ccccc2)cc1C(C)C. The number of amides is 1. The number of aromatic carboxylic acids is 1. The first-order valence-electron chi connectivity index (χ1n) is 12.0.